The Labute approximate surface area is 121 Å². The number of halogens is 1. The fraction of sp³-hybridized carbons (Fsp3) is 0.688. The molecule has 19 heavy (non-hydrogen) atoms. The molecule has 1 aromatic heterocycles. The first-order valence-corrected chi connectivity index (χ1v) is 7.67. The van der Waals surface area contributed by atoms with Crippen LogP contribution >= 0.6 is 11.6 Å². The quantitative estimate of drug-likeness (QED) is 0.583. The van der Waals surface area contributed by atoms with Crippen molar-refractivity contribution in [2.75, 3.05) is 5.88 Å². The van der Waals surface area contributed by atoms with Crippen LogP contribution in [0.3, 0.4) is 0 Å². The average molecular weight is 282 g/mol. The van der Waals surface area contributed by atoms with Crippen molar-refractivity contribution < 1.29 is 4.79 Å². The van der Waals surface area contributed by atoms with Gasteiger partial charge in [-0.3, -0.25) is 4.79 Å². The van der Waals surface area contributed by atoms with Crippen LogP contribution in [0.1, 0.15) is 67.3 Å². The third-order valence-electron chi connectivity index (χ3n) is 4.45. The van der Waals surface area contributed by atoms with Gasteiger partial charge in [0.1, 0.15) is 0 Å². The predicted octanol–water partition coefficient (Wildman–Crippen LogP) is 4.67. The second kappa shape index (κ2) is 5.32. The number of carbonyl (C=O) groups is 1. The number of hydrogen-bond donors (Lipinski definition) is 0. The molecular weight excluding hydrogens is 258 g/mol. The maximum absolute atomic E-state index is 11.9. The minimum absolute atomic E-state index is 0.0380. The molecule has 3 heteroatoms. The van der Waals surface area contributed by atoms with Gasteiger partial charge >= 0.3 is 0 Å². The van der Waals surface area contributed by atoms with Gasteiger partial charge in [-0.25, -0.2) is 0 Å². The molecule has 1 heterocycles. The highest BCUT2D eigenvalue weighted by Gasteiger charge is 2.30. The molecule has 0 amide bonds. The number of rotatable bonds is 3. The summed E-state index contributed by atoms with van der Waals surface area (Å²) in [6.45, 7) is 8.84. The second-order valence-corrected chi connectivity index (χ2v) is 6.89. The van der Waals surface area contributed by atoms with Gasteiger partial charge in [-0.1, -0.05) is 20.3 Å². The zero-order chi connectivity index (χ0) is 14.2. The van der Waals surface area contributed by atoms with Crippen molar-refractivity contribution in [2.24, 2.45) is 5.41 Å². The Kier molecular flexibility index (Phi) is 4.10. The third kappa shape index (κ3) is 2.89. The van der Waals surface area contributed by atoms with E-state index in [1.54, 1.807) is 0 Å². The molecule has 1 aromatic rings. The van der Waals surface area contributed by atoms with E-state index in [9.17, 15) is 4.79 Å². The van der Waals surface area contributed by atoms with Crippen molar-refractivity contribution in [2.45, 2.75) is 59.4 Å². The zero-order valence-corrected chi connectivity index (χ0v) is 13.2. The van der Waals surface area contributed by atoms with Gasteiger partial charge in [0.2, 0.25) is 0 Å². The smallest absolute Gasteiger partial charge is 0.179 e. The lowest BCUT2D eigenvalue weighted by atomic mass is 9.75. The van der Waals surface area contributed by atoms with Gasteiger partial charge in [0, 0.05) is 23.0 Å². The maximum atomic E-state index is 11.9. The van der Waals surface area contributed by atoms with Crippen molar-refractivity contribution in [1.29, 1.82) is 0 Å². The van der Waals surface area contributed by atoms with Crippen LogP contribution < -0.4 is 0 Å². The van der Waals surface area contributed by atoms with Crippen LogP contribution in [0.2, 0.25) is 0 Å². The molecule has 1 aliphatic rings. The lowest BCUT2D eigenvalue weighted by Crippen LogP contribution is -2.26. The molecule has 0 aliphatic heterocycles. The van der Waals surface area contributed by atoms with Crippen LogP contribution in [0, 0.1) is 19.3 Å². The Morgan fingerprint density at radius 1 is 1.47 bits per heavy atom. The van der Waals surface area contributed by atoms with Gasteiger partial charge in [-0.05, 0) is 44.6 Å². The van der Waals surface area contributed by atoms with Gasteiger partial charge in [0.25, 0.3) is 0 Å². The number of aryl methyl sites for hydroxylation is 1. The summed E-state index contributed by atoms with van der Waals surface area (Å²) in [6, 6.07) is 2.53. The lowest BCUT2D eigenvalue weighted by Gasteiger charge is -2.37. The summed E-state index contributed by atoms with van der Waals surface area (Å²) >= 11 is 5.69. The molecule has 106 valence electrons. The van der Waals surface area contributed by atoms with Crippen molar-refractivity contribution >= 4 is 17.4 Å². The highest BCUT2D eigenvalue weighted by atomic mass is 35.5. The first-order chi connectivity index (χ1) is 8.85. The zero-order valence-electron chi connectivity index (χ0n) is 12.4. The van der Waals surface area contributed by atoms with Gasteiger partial charge < -0.3 is 4.57 Å². The number of aromatic nitrogens is 1. The Morgan fingerprint density at radius 2 is 2.16 bits per heavy atom. The van der Waals surface area contributed by atoms with Crippen LogP contribution in [0.5, 0.6) is 0 Å². The predicted molar refractivity (Wildman–Crippen MR) is 80.2 cm³/mol. The fourth-order valence-electron chi connectivity index (χ4n) is 3.57. The molecule has 2 rings (SSSR count). The van der Waals surface area contributed by atoms with E-state index in [0.717, 1.165) is 11.3 Å². The van der Waals surface area contributed by atoms with E-state index in [2.05, 4.69) is 25.3 Å². The first-order valence-electron chi connectivity index (χ1n) is 7.13. The minimum atomic E-state index is 0.0380. The van der Waals surface area contributed by atoms with E-state index < -0.39 is 0 Å². The summed E-state index contributed by atoms with van der Waals surface area (Å²) in [5.41, 5.74) is 3.48. The molecule has 1 saturated carbocycles. The van der Waals surface area contributed by atoms with Crippen molar-refractivity contribution in [3.63, 3.8) is 0 Å². The standard InChI is InChI=1S/C16H24ClNO/c1-11-8-14(15(19)10-17)12(2)18(11)13-6-5-7-16(3,4)9-13/h8,13H,5-7,9-10H2,1-4H3. The molecule has 0 bridgehead atoms. The normalized spacial score (nSPS) is 22.5. The monoisotopic (exact) mass is 281 g/mol. The molecule has 1 unspecified atom stereocenters. The molecule has 2 nitrogen and oxygen atoms in total. The van der Waals surface area contributed by atoms with Crippen molar-refractivity contribution in [3.05, 3.63) is 23.0 Å². The molecule has 1 atom stereocenters. The molecule has 0 N–H and O–H groups in total. The van der Waals surface area contributed by atoms with Gasteiger partial charge in [0.05, 0.1) is 5.88 Å². The molecule has 1 fully saturated rings. The molecule has 0 saturated heterocycles. The van der Waals surface area contributed by atoms with Crippen LogP contribution in [0.4, 0.5) is 0 Å². The van der Waals surface area contributed by atoms with Crippen molar-refractivity contribution in [1.82, 2.24) is 4.57 Å². The Hall–Kier alpha value is -0.760. The van der Waals surface area contributed by atoms with E-state index in [0.29, 0.717) is 11.5 Å². The van der Waals surface area contributed by atoms with Gasteiger partial charge in [-0.2, -0.15) is 0 Å². The van der Waals surface area contributed by atoms with E-state index in [4.69, 9.17) is 11.6 Å². The minimum Gasteiger partial charge on any atom is -0.345 e. The van der Waals surface area contributed by atoms with E-state index in [1.165, 1.54) is 31.4 Å². The van der Waals surface area contributed by atoms with Crippen LogP contribution in [-0.4, -0.2) is 16.2 Å². The SMILES string of the molecule is Cc1cc(C(=O)CCl)c(C)n1C1CCCC(C)(C)C1. The van der Waals surface area contributed by atoms with Gasteiger partial charge in [0.15, 0.2) is 5.78 Å². The van der Waals surface area contributed by atoms with Crippen LogP contribution in [0.15, 0.2) is 6.07 Å². The maximum Gasteiger partial charge on any atom is 0.179 e. The molecular formula is C16H24ClNO. The third-order valence-corrected chi connectivity index (χ3v) is 4.69. The van der Waals surface area contributed by atoms with Crippen LogP contribution in [0.25, 0.3) is 0 Å². The summed E-state index contributed by atoms with van der Waals surface area (Å²) in [7, 11) is 0. The lowest BCUT2D eigenvalue weighted by molar-refractivity contribution is 0.102. The number of ketones is 1. The van der Waals surface area contributed by atoms with E-state index >= 15 is 0 Å². The summed E-state index contributed by atoms with van der Waals surface area (Å²) in [5.74, 6) is 0.108. The first kappa shape index (κ1) is 14.6. The Balaban J connectivity index is 2.35. The summed E-state index contributed by atoms with van der Waals surface area (Å²) < 4.78 is 2.36. The molecule has 0 spiro atoms. The number of nitrogens with zero attached hydrogens (tertiary/aromatic N) is 1. The number of alkyl halides is 1. The highest BCUT2D eigenvalue weighted by molar-refractivity contribution is 6.30. The second-order valence-electron chi connectivity index (χ2n) is 6.63. The summed E-state index contributed by atoms with van der Waals surface area (Å²) in [6.07, 6.45) is 4.98. The topological polar surface area (TPSA) is 22.0 Å². The van der Waals surface area contributed by atoms with Gasteiger partial charge in [-0.15, -0.1) is 11.6 Å². The largest absolute Gasteiger partial charge is 0.345 e. The Morgan fingerprint density at radius 3 is 2.74 bits per heavy atom. The number of hydrogen-bond acceptors (Lipinski definition) is 1. The highest BCUT2D eigenvalue weighted by Crippen LogP contribution is 2.42. The fourth-order valence-corrected chi connectivity index (χ4v) is 3.72. The van der Waals surface area contributed by atoms with E-state index in [1.807, 2.05) is 13.0 Å². The average Bonchev–Trinajstić information content (AvgIpc) is 2.62. The number of carbonyl (C=O) groups excluding carboxylic acids is 1. The van der Waals surface area contributed by atoms with Crippen LogP contribution in [-0.2, 0) is 0 Å². The van der Waals surface area contributed by atoms with Crippen molar-refractivity contribution in [3.8, 4) is 0 Å². The molecule has 1 aliphatic carbocycles. The Bertz CT molecular complexity index is 487. The summed E-state index contributed by atoms with van der Waals surface area (Å²) in [5, 5.41) is 0. The molecule has 0 radical (unpaired) electrons. The number of Topliss-reactive ketones (excluding diaryl/α,β-unsaturated/α-hetero) is 1. The molecule has 0 aromatic carbocycles. The van der Waals surface area contributed by atoms with E-state index in [-0.39, 0.29) is 11.7 Å². The summed E-state index contributed by atoms with van der Waals surface area (Å²) in [4.78, 5) is 11.9.